The molecule has 0 bridgehead atoms. The number of nitrogens with one attached hydrogen (secondary N) is 1. The van der Waals surface area contributed by atoms with Crippen molar-refractivity contribution in [3.63, 3.8) is 0 Å². The Morgan fingerprint density at radius 2 is 1.91 bits per heavy atom. The number of aliphatic carboxylic acids is 1. The summed E-state index contributed by atoms with van der Waals surface area (Å²) in [4.78, 5) is 35.5. The van der Waals surface area contributed by atoms with Crippen LogP contribution in [0.1, 0.15) is 20.8 Å². The molecule has 1 aromatic rings. The smallest absolute Gasteiger partial charge is 0.323 e. The number of phenols is 1. The zero-order valence-electron chi connectivity index (χ0n) is 12.7. The number of phenolic OH excluding ortho intramolecular Hbond substituents is 1. The Bertz CT molecular complexity index is 571. The van der Waals surface area contributed by atoms with E-state index < -0.39 is 30.4 Å². The Labute approximate surface area is 128 Å². The summed E-state index contributed by atoms with van der Waals surface area (Å²) in [6, 6.07) is 5.42. The van der Waals surface area contributed by atoms with Crippen molar-refractivity contribution in [3.05, 3.63) is 24.3 Å². The predicted molar refractivity (Wildman–Crippen MR) is 80.4 cm³/mol. The molecule has 22 heavy (non-hydrogen) atoms. The first-order valence-electron chi connectivity index (χ1n) is 6.81. The summed E-state index contributed by atoms with van der Waals surface area (Å²) < 4.78 is 0. The monoisotopic (exact) mass is 308 g/mol. The standard InChI is InChI=1S/C15H20N2O5/c1-9(2)14(16-11-5-4-6-12(19)7-11)15(22)17(10(3)18)8-13(20)21/h4-7,9,14,16,19H,8H2,1-3H3,(H,20,21). The lowest BCUT2D eigenvalue weighted by atomic mass is 10.0. The summed E-state index contributed by atoms with van der Waals surface area (Å²) in [6.45, 7) is 4.01. The van der Waals surface area contributed by atoms with Crippen molar-refractivity contribution >= 4 is 23.5 Å². The number of carboxylic acid groups (broad SMARTS) is 1. The molecule has 3 N–H and O–H groups in total. The van der Waals surface area contributed by atoms with Crippen molar-refractivity contribution in [1.29, 1.82) is 0 Å². The van der Waals surface area contributed by atoms with Gasteiger partial charge in [-0.05, 0) is 18.1 Å². The number of rotatable bonds is 6. The van der Waals surface area contributed by atoms with Gasteiger partial charge in [-0.25, -0.2) is 0 Å². The maximum Gasteiger partial charge on any atom is 0.323 e. The number of carbonyl (C=O) groups excluding carboxylic acids is 2. The third kappa shape index (κ3) is 4.76. The minimum atomic E-state index is -1.26. The van der Waals surface area contributed by atoms with Crippen LogP contribution in [0.3, 0.4) is 0 Å². The topological polar surface area (TPSA) is 107 Å². The van der Waals surface area contributed by atoms with Crippen molar-refractivity contribution in [2.75, 3.05) is 11.9 Å². The van der Waals surface area contributed by atoms with Crippen LogP contribution in [0.5, 0.6) is 5.75 Å². The fraction of sp³-hybridized carbons (Fsp3) is 0.400. The van der Waals surface area contributed by atoms with Crippen LogP contribution < -0.4 is 5.32 Å². The van der Waals surface area contributed by atoms with E-state index in [0.29, 0.717) is 10.6 Å². The fourth-order valence-corrected chi connectivity index (χ4v) is 1.94. The minimum absolute atomic E-state index is 0.0360. The average molecular weight is 308 g/mol. The maximum absolute atomic E-state index is 12.5. The molecular formula is C15H20N2O5. The van der Waals surface area contributed by atoms with E-state index >= 15 is 0 Å². The molecule has 0 spiro atoms. The van der Waals surface area contributed by atoms with Crippen LogP contribution in [0.15, 0.2) is 24.3 Å². The van der Waals surface area contributed by atoms with Crippen molar-refractivity contribution in [3.8, 4) is 5.75 Å². The molecule has 1 atom stereocenters. The number of amides is 2. The molecule has 0 radical (unpaired) electrons. The Hall–Kier alpha value is -2.57. The predicted octanol–water partition coefficient (Wildman–Crippen LogP) is 1.29. The van der Waals surface area contributed by atoms with Crippen LogP contribution in [-0.4, -0.2) is 45.5 Å². The number of aromatic hydroxyl groups is 1. The molecule has 1 unspecified atom stereocenters. The molecule has 1 rings (SSSR count). The Morgan fingerprint density at radius 3 is 2.36 bits per heavy atom. The molecule has 0 saturated heterocycles. The van der Waals surface area contributed by atoms with E-state index in [0.717, 1.165) is 6.92 Å². The SMILES string of the molecule is CC(=O)N(CC(=O)O)C(=O)C(Nc1cccc(O)c1)C(C)C. The van der Waals surface area contributed by atoms with Gasteiger partial charge in [-0.3, -0.25) is 19.3 Å². The molecule has 1 aromatic carbocycles. The van der Waals surface area contributed by atoms with Gasteiger partial charge in [-0.15, -0.1) is 0 Å². The average Bonchev–Trinajstić information content (AvgIpc) is 2.40. The Balaban J connectivity index is 3.00. The number of anilines is 1. The van der Waals surface area contributed by atoms with Crippen LogP contribution in [0, 0.1) is 5.92 Å². The fourth-order valence-electron chi connectivity index (χ4n) is 1.94. The second kappa shape index (κ2) is 7.44. The second-order valence-corrected chi connectivity index (χ2v) is 5.25. The van der Waals surface area contributed by atoms with Gasteiger partial charge in [-0.1, -0.05) is 19.9 Å². The van der Waals surface area contributed by atoms with Crippen LogP contribution in [-0.2, 0) is 14.4 Å². The molecule has 0 aliphatic rings. The highest BCUT2D eigenvalue weighted by molar-refractivity contribution is 6.00. The number of hydrogen-bond acceptors (Lipinski definition) is 5. The number of nitrogens with zero attached hydrogens (tertiary/aromatic N) is 1. The highest BCUT2D eigenvalue weighted by Gasteiger charge is 2.30. The zero-order valence-corrected chi connectivity index (χ0v) is 12.7. The van der Waals surface area contributed by atoms with Gasteiger partial charge in [0.15, 0.2) is 0 Å². The molecule has 0 heterocycles. The van der Waals surface area contributed by atoms with Crippen molar-refractivity contribution in [2.45, 2.75) is 26.8 Å². The van der Waals surface area contributed by atoms with Crippen molar-refractivity contribution < 1.29 is 24.6 Å². The van der Waals surface area contributed by atoms with Gasteiger partial charge in [0, 0.05) is 18.7 Å². The summed E-state index contributed by atoms with van der Waals surface area (Å²) in [5.74, 6) is -2.66. The molecule has 0 saturated carbocycles. The normalized spacial score (nSPS) is 11.8. The maximum atomic E-state index is 12.5. The molecular weight excluding hydrogens is 288 g/mol. The third-order valence-electron chi connectivity index (χ3n) is 3.04. The molecule has 0 fully saturated rings. The Morgan fingerprint density at radius 1 is 1.27 bits per heavy atom. The van der Waals surface area contributed by atoms with E-state index in [1.165, 1.54) is 12.1 Å². The van der Waals surface area contributed by atoms with Gasteiger partial charge in [0.25, 0.3) is 5.91 Å². The van der Waals surface area contributed by atoms with Crippen LogP contribution in [0.2, 0.25) is 0 Å². The van der Waals surface area contributed by atoms with E-state index in [1.807, 2.05) is 0 Å². The summed E-state index contributed by atoms with van der Waals surface area (Å²) in [6.07, 6.45) is 0. The van der Waals surface area contributed by atoms with Crippen LogP contribution in [0.25, 0.3) is 0 Å². The number of carbonyl (C=O) groups is 3. The first-order chi connectivity index (χ1) is 10.2. The number of imide groups is 1. The van der Waals surface area contributed by atoms with E-state index in [-0.39, 0.29) is 11.7 Å². The first-order valence-corrected chi connectivity index (χ1v) is 6.81. The summed E-state index contributed by atoms with van der Waals surface area (Å²) in [7, 11) is 0. The highest BCUT2D eigenvalue weighted by atomic mass is 16.4. The van der Waals surface area contributed by atoms with Gasteiger partial charge < -0.3 is 15.5 Å². The highest BCUT2D eigenvalue weighted by Crippen LogP contribution is 2.19. The molecule has 0 aliphatic carbocycles. The lowest BCUT2D eigenvalue weighted by Gasteiger charge is -2.27. The largest absolute Gasteiger partial charge is 0.508 e. The quantitative estimate of drug-likeness (QED) is 0.731. The lowest BCUT2D eigenvalue weighted by Crippen LogP contribution is -2.49. The van der Waals surface area contributed by atoms with Gasteiger partial charge >= 0.3 is 5.97 Å². The lowest BCUT2D eigenvalue weighted by molar-refractivity contribution is -0.152. The molecule has 0 aliphatic heterocycles. The summed E-state index contributed by atoms with van der Waals surface area (Å²) in [5, 5.41) is 21.2. The third-order valence-corrected chi connectivity index (χ3v) is 3.04. The van der Waals surface area contributed by atoms with E-state index in [1.54, 1.807) is 26.0 Å². The van der Waals surface area contributed by atoms with Gasteiger partial charge in [0.1, 0.15) is 18.3 Å². The van der Waals surface area contributed by atoms with Crippen molar-refractivity contribution in [1.82, 2.24) is 4.90 Å². The van der Waals surface area contributed by atoms with Crippen LogP contribution >= 0.6 is 0 Å². The second-order valence-electron chi connectivity index (χ2n) is 5.25. The molecule has 7 nitrogen and oxygen atoms in total. The zero-order chi connectivity index (χ0) is 16.9. The minimum Gasteiger partial charge on any atom is -0.508 e. The molecule has 120 valence electrons. The van der Waals surface area contributed by atoms with Gasteiger partial charge in [0.05, 0.1) is 0 Å². The molecule has 2 amide bonds. The van der Waals surface area contributed by atoms with E-state index in [4.69, 9.17) is 5.11 Å². The number of hydrogen-bond donors (Lipinski definition) is 3. The molecule has 7 heteroatoms. The van der Waals surface area contributed by atoms with E-state index in [9.17, 15) is 19.5 Å². The Kier molecular flexibility index (Phi) is 5.91. The van der Waals surface area contributed by atoms with Crippen LogP contribution in [0.4, 0.5) is 5.69 Å². The summed E-state index contributed by atoms with van der Waals surface area (Å²) >= 11 is 0. The molecule has 0 aromatic heterocycles. The van der Waals surface area contributed by atoms with Crippen molar-refractivity contribution in [2.24, 2.45) is 5.92 Å². The first kappa shape index (κ1) is 17.5. The number of carboxylic acids is 1. The van der Waals surface area contributed by atoms with E-state index in [2.05, 4.69) is 5.32 Å². The van der Waals surface area contributed by atoms with Gasteiger partial charge in [0.2, 0.25) is 5.91 Å². The number of benzene rings is 1. The summed E-state index contributed by atoms with van der Waals surface area (Å²) in [5.41, 5.74) is 0.505. The van der Waals surface area contributed by atoms with Gasteiger partial charge in [-0.2, -0.15) is 0 Å².